The second-order valence-electron chi connectivity index (χ2n) is 2.35. The molecule has 0 fully saturated rings. The van der Waals surface area contributed by atoms with Gasteiger partial charge in [-0.05, 0) is 6.07 Å². The van der Waals surface area contributed by atoms with Gasteiger partial charge in [0.05, 0.1) is 5.56 Å². The molecule has 1 heterocycles. The van der Waals surface area contributed by atoms with Gasteiger partial charge in [-0.2, -0.15) is 13.2 Å². The van der Waals surface area contributed by atoms with Crippen molar-refractivity contribution < 1.29 is 13.2 Å². The lowest BCUT2D eigenvalue weighted by atomic mass is 10.2. The third kappa shape index (κ3) is 2.33. The quantitative estimate of drug-likeness (QED) is 0.768. The summed E-state index contributed by atoms with van der Waals surface area (Å²) in [4.78, 5) is 12.8. The molecule has 0 aliphatic carbocycles. The van der Waals surface area contributed by atoms with Crippen LogP contribution in [0.5, 0.6) is 0 Å². The van der Waals surface area contributed by atoms with E-state index in [0.29, 0.717) is 0 Å². The first-order valence-electron chi connectivity index (χ1n) is 3.30. The van der Waals surface area contributed by atoms with E-state index in [9.17, 15) is 18.0 Å². The molecule has 13 heavy (non-hydrogen) atoms. The molecule has 0 aliphatic rings. The molecule has 0 aliphatic heterocycles. The number of halogens is 4. The second kappa shape index (κ2) is 3.53. The van der Waals surface area contributed by atoms with Crippen molar-refractivity contribution in [2.24, 2.45) is 0 Å². The minimum absolute atomic E-state index is 0.0298. The molecule has 0 saturated carbocycles. The molecule has 0 unspecified atom stereocenters. The maximum atomic E-state index is 12.2. The number of hydrogen-bond donors (Lipinski definition) is 1. The molecular weight excluding hydrogens is 251 g/mol. The standard InChI is InChI=1S/C7H5BrF3NO/c8-3-5-4(7(9,10)11)1-2-6(13)12-5/h1-2H,3H2,(H,12,13). The number of pyridine rings is 1. The largest absolute Gasteiger partial charge is 0.418 e. The summed E-state index contributed by atoms with van der Waals surface area (Å²) in [5, 5.41) is -0.0298. The molecule has 0 bridgehead atoms. The fourth-order valence-electron chi connectivity index (χ4n) is 0.888. The van der Waals surface area contributed by atoms with Crippen LogP contribution in [0.25, 0.3) is 0 Å². The Labute approximate surface area is 79.9 Å². The minimum Gasteiger partial charge on any atom is -0.325 e. The summed E-state index contributed by atoms with van der Waals surface area (Å²) in [6, 6.07) is 1.63. The van der Waals surface area contributed by atoms with Gasteiger partial charge in [-0.3, -0.25) is 4.79 Å². The smallest absolute Gasteiger partial charge is 0.325 e. The van der Waals surface area contributed by atoms with Gasteiger partial charge in [0.2, 0.25) is 5.56 Å². The monoisotopic (exact) mass is 255 g/mol. The van der Waals surface area contributed by atoms with Crippen LogP contribution in [0.1, 0.15) is 11.3 Å². The van der Waals surface area contributed by atoms with Crippen LogP contribution in [0.2, 0.25) is 0 Å². The Bertz CT molecular complexity index is 357. The van der Waals surface area contributed by atoms with Gasteiger partial charge in [0.15, 0.2) is 0 Å². The third-order valence-corrected chi connectivity index (χ3v) is 2.00. The van der Waals surface area contributed by atoms with Gasteiger partial charge < -0.3 is 4.98 Å². The third-order valence-electron chi connectivity index (χ3n) is 1.44. The fourth-order valence-corrected chi connectivity index (χ4v) is 1.33. The van der Waals surface area contributed by atoms with Gasteiger partial charge in [-0.15, -0.1) is 0 Å². The fraction of sp³-hybridized carbons (Fsp3) is 0.286. The zero-order chi connectivity index (χ0) is 10.1. The number of hydrogen-bond acceptors (Lipinski definition) is 1. The van der Waals surface area contributed by atoms with Crippen LogP contribution in [0.15, 0.2) is 16.9 Å². The Hall–Kier alpha value is -0.780. The predicted octanol–water partition coefficient (Wildman–Crippen LogP) is 2.29. The molecule has 0 radical (unpaired) electrons. The molecule has 0 spiro atoms. The highest BCUT2D eigenvalue weighted by Crippen LogP contribution is 2.31. The Morgan fingerprint density at radius 2 is 2.00 bits per heavy atom. The summed E-state index contributed by atoms with van der Waals surface area (Å²) < 4.78 is 36.7. The molecule has 0 aromatic carbocycles. The highest BCUT2D eigenvalue weighted by molar-refractivity contribution is 9.08. The van der Waals surface area contributed by atoms with Crippen molar-refractivity contribution in [3.63, 3.8) is 0 Å². The zero-order valence-corrected chi connectivity index (χ0v) is 7.87. The van der Waals surface area contributed by atoms with E-state index < -0.39 is 17.3 Å². The Morgan fingerprint density at radius 1 is 1.38 bits per heavy atom. The first-order valence-corrected chi connectivity index (χ1v) is 4.42. The van der Waals surface area contributed by atoms with E-state index in [1.54, 1.807) is 0 Å². The SMILES string of the molecule is O=c1ccc(C(F)(F)F)c(CBr)[nH]1. The number of aromatic nitrogens is 1. The molecular formula is C7H5BrF3NO. The van der Waals surface area contributed by atoms with Crippen molar-refractivity contribution in [2.45, 2.75) is 11.5 Å². The average Bonchev–Trinajstić information content (AvgIpc) is 2.01. The second-order valence-corrected chi connectivity index (χ2v) is 2.91. The number of alkyl halides is 4. The van der Waals surface area contributed by atoms with Crippen LogP contribution < -0.4 is 5.56 Å². The van der Waals surface area contributed by atoms with Crippen LogP contribution in [-0.2, 0) is 11.5 Å². The van der Waals surface area contributed by atoms with Crippen LogP contribution in [0.4, 0.5) is 13.2 Å². The lowest BCUT2D eigenvalue weighted by Gasteiger charge is -2.09. The zero-order valence-electron chi connectivity index (χ0n) is 6.28. The van der Waals surface area contributed by atoms with Gasteiger partial charge in [0.1, 0.15) is 0 Å². The molecule has 0 atom stereocenters. The topological polar surface area (TPSA) is 32.9 Å². The summed E-state index contributed by atoms with van der Waals surface area (Å²) in [6.07, 6.45) is -4.42. The molecule has 1 N–H and O–H groups in total. The lowest BCUT2D eigenvalue weighted by molar-refractivity contribution is -0.138. The number of aromatic amines is 1. The van der Waals surface area contributed by atoms with Crippen molar-refractivity contribution in [1.29, 1.82) is 0 Å². The molecule has 1 rings (SSSR count). The van der Waals surface area contributed by atoms with Gasteiger partial charge >= 0.3 is 6.18 Å². The van der Waals surface area contributed by atoms with Crippen molar-refractivity contribution >= 4 is 15.9 Å². The van der Waals surface area contributed by atoms with Crippen LogP contribution in [0, 0.1) is 0 Å². The van der Waals surface area contributed by atoms with E-state index in [4.69, 9.17) is 0 Å². The van der Waals surface area contributed by atoms with E-state index in [2.05, 4.69) is 20.9 Å². The van der Waals surface area contributed by atoms with E-state index in [1.807, 2.05) is 0 Å². The van der Waals surface area contributed by atoms with Crippen molar-refractivity contribution in [1.82, 2.24) is 4.98 Å². The first-order chi connectivity index (χ1) is 5.95. The van der Waals surface area contributed by atoms with Gasteiger partial charge in [-0.1, -0.05) is 15.9 Å². The van der Waals surface area contributed by atoms with E-state index in [-0.39, 0.29) is 11.0 Å². The first kappa shape index (κ1) is 10.3. The number of H-pyrrole nitrogens is 1. The minimum atomic E-state index is -4.42. The number of rotatable bonds is 1. The highest BCUT2D eigenvalue weighted by Gasteiger charge is 2.33. The van der Waals surface area contributed by atoms with Gasteiger partial charge in [-0.25, -0.2) is 0 Å². The molecule has 0 saturated heterocycles. The van der Waals surface area contributed by atoms with Crippen molar-refractivity contribution in [3.8, 4) is 0 Å². The Kier molecular flexibility index (Phi) is 2.80. The van der Waals surface area contributed by atoms with E-state index >= 15 is 0 Å². The molecule has 2 nitrogen and oxygen atoms in total. The molecule has 6 heteroatoms. The highest BCUT2D eigenvalue weighted by atomic mass is 79.9. The van der Waals surface area contributed by atoms with Crippen molar-refractivity contribution in [2.75, 3.05) is 0 Å². The van der Waals surface area contributed by atoms with Crippen LogP contribution in [0.3, 0.4) is 0 Å². The molecule has 1 aromatic rings. The van der Waals surface area contributed by atoms with Gasteiger partial charge in [0, 0.05) is 17.1 Å². The van der Waals surface area contributed by atoms with E-state index in [1.165, 1.54) is 0 Å². The summed E-state index contributed by atoms with van der Waals surface area (Å²) in [5.41, 5.74) is -1.51. The molecule has 0 amide bonds. The summed E-state index contributed by atoms with van der Waals surface area (Å²) in [7, 11) is 0. The maximum absolute atomic E-state index is 12.2. The van der Waals surface area contributed by atoms with E-state index in [0.717, 1.165) is 12.1 Å². The Balaban J connectivity index is 3.30. The van der Waals surface area contributed by atoms with Crippen molar-refractivity contribution in [3.05, 3.63) is 33.7 Å². The van der Waals surface area contributed by atoms with Crippen LogP contribution in [-0.4, -0.2) is 4.98 Å². The lowest BCUT2D eigenvalue weighted by Crippen LogP contribution is -2.15. The summed E-state index contributed by atoms with van der Waals surface area (Å²) in [6.45, 7) is 0. The average molecular weight is 256 g/mol. The van der Waals surface area contributed by atoms with Gasteiger partial charge in [0.25, 0.3) is 0 Å². The molecule has 72 valence electrons. The normalized spacial score (nSPS) is 11.7. The Morgan fingerprint density at radius 3 is 2.46 bits per heavy atom. The predicted molar refractivity (Wildman–Crippen MR) is 44.7 cm³/mol. The summed E-state index contributed by atoms with van der Waals surface area (Å²) in [5.74, 6) is 0. The number of nitrogens with one attached hydrogen (secondary N) is 1. The maximum Gasteiger partial charge on any atom is 0.418 e. The summed E-state index contributed by atoms with van der Waals surface area (Å²) >= 11 is 2.86. The van der Waals surface area contributed by atoms with Crippen LogP contribution >= 0.6 is 15.9 Å². The molecule has 1 aromatic heterocycles.